The van der Waals surface area contributed by atoms with E-state index >= 15 is 0 Å². The first-order valence-electron chi connectivity index (χ1n) is 8.08. The molecule has 1 fully saturated rings. The lowest BCUT2D eigenvalue weighted by molar-refractivity contribution is 0.155. The van der Waals surface area contributed by atoms with Gasteiger partial charge in [-0.1, -0.05) is 31.9 Å². The van der Waals surface area contributed by atoms with Gasteiger partial charge in [0.2, 0.25) is 0 Å². The number of halogens is 1. The summed E-state index contributed by atoms with van der Waals surface area (Å²) in [7, 11) is 0. The van der Waals surface area contributed by atoms with E-state index in [0.29, 0.717) is 5.02 Å². The summed E-state index contributed by atoms with van der Waals surface area (Å²) in [5.41, 5.74) is 1.44. The maximum atomic E-state index is 12.5. The molecule has 0 bridgehead atoms. The highest BCUT2D eigenvalue weighted by molar-refractivity contribution is 6.31. The van der Waals surface area contributed by atoms with Crippen LogP contribution in [0.2, 0.25) is 5.02 Å². The highest BCUT2D eigenvalue weighted by atomic mass is 35.5. The summed E-state index contributed by atoms with van der Waals surface area (Å²) in [5.74, 6) is 0.828. The second-order valence-electron chi connectivity index (χ2n) is 6.42. The van der Waals surface area contributed by atoms with E-state index in [1.165, 1.54) is 19.3 Å². The number of pyridine rings is 1. The number of benzene rings is 1. The van der Waals surface area contributed by atoms with E-state index in [9.17, 15) is 4.79 Å². The maximum Gasteiger partial charge on any atom is 0.255 e. The minimum atomic E-state index is -0.0596. The van der Waals surface area contributed by atoms with Crippen LogP contribution in [0.1, 0.15) is 57.4 Å². The Balaban J connectivity index is 2.15. The topological polar surface area (TPSA) is 42.1 Å². The molecule has 0 aliphatic heterocycles. The Morgan fingerprint density at radius 1 is 1.23 bits per heavy atom. The molecule has 22 heavy (non-hydrogen) atoms. The SMILES string of the molecule is CC(C)c1c(OC2CCCCC2)c2cc(Cl)ccc2[nH]c1=O. The van der Waals surface area contributed by atoms with Crippen molar-refractivity contribution in [3.8, 4) is 5.75 Å². The van der Waals surface area contributed by atoms with Crippen LogP contribution in [0.25, 0.3) is 10.9 Å². The number of aromatic nitrogens is 1. The third-order valence-electron chi connectivity index (χ3n) is 4.38. The number of fused-ring (bicyclic) bond motifs is 1. The lowest BCUT2D eigenvalue weighted by Gasteiger charge is -2.25. The average Bonchev–Trinajstić information content (AvgIpc) is 2.48. The quantitative estimate of drug-likeness (QED) is 0.863. The zero-order chi connectivity index (χ0) is 15.7. The maximum absolute atomic E-state index is 12.5. The van der Waals surface area contributed by atoms with Crippen molar-refractivity contribution < 1.29 is 4.74 Å². The molecule has 1 N–H and O–H groups in total. The standard InChI is InChI=1S/C18H22ClNO2/c1-11(2)16-17(22-13-6-4-3-5-7-13)14-10-12(19)8-9-15(14)20-18(16)21/h8-11,13H,3-7H2,1-2H3,(H,20,21). The zero-order valence-corrected chi connectivity index (χ0v) is 13.9. The van der Waals surface area contributed by atoms with Crippen LogP contribution in [0.4, 0.5) is 0 Å². The van der Waals surface area contributed by atoms with Gasteiger partial charge in [-0.05, 0) is 49.8 Å². The highest BCUT2D eigenvalue weighted by Crippen LogP contribution is 2.35. The Hall–Kier alpha value is -1.48. The van der Waals surface area contributed by atoms with Crippen LogP contribution in [0, 0.1) is 0 Å². The number of hydrogen-bond acceptors (Lipinski definition) is 2. The molecule has 4 heteroatoms. The van der Waals surface area contributed by atoms with E-state index in [1.54, 1.807) is 6.07 Å². The second-order valence-corrected chi connectivity index (χ2v) is 6.86. The first kappa shape index (κ1) is 15.4. The van der Waals surface area contributed by atoms with Gasteiger partial charge in [-0.25, -0.2) is 0 Å². The third-order valence-corrected chi connectivity index (χ3v) is 4.61. The molecule has 1 saturated carbocycles. The average molecular weight is 320 g/mol. The summed E-state index contributed by atoms with van der Waals surface area (Å²) >= 11 is 6.16. The molecule has 1 heterocycles. The Labute approximate surface area is 135 Å². The van der Waals surface area contributed by atoms with Gasteiger partial charge in [-0.15, -0.1) is 0 Å². The van der Waals surface area contributed by atoms with Crippen molar-refractivity contribution in [1.29, 1.82) is 0 Å². The highest BCUT2D eigenvalue weighted by Gasteiger charge is 2.22. The van der Waals surface area contributed by atoms with E-state index in [2.05, 4.69) is 4.98 Å². The van der Waals surface area contributed by atoms with Crippen molar-refractivity contribution in [2.45, 2.75) is 58.0 Å². The van der Waals surface area contributed by atoms with Crippen LogP contribution in [0.5, 0.6) is 5.75 Å². The predicted molar refractivity (Wildman–Crippen MR) is 91.2 cm³/mol. The van der Waals surface area contributed by atoms with E-state index < -0.39 is 0 Å². The molecule has 0 radical (unpaired) electrons. The van der Waals surface area contributed by atoms with Crippen LogP contribution in [0.3, 0.4) is 0 Å². The molecule has 0 unspecified atom stereocenters. The Kier molecular flexibility index (Phi) is 4.44. The van der Waals surface area contributed by atoms with Gasteiger partial charge in [-0.3, -0.25) is 4.79 Å². The molecule has 0 atom stereocenters. The van der Waals surface area contributed by atoms with Crippen molar-refractivity contribution >= 4 is 22.5 Å². The Bertz CT molecular complexity index is 730. The van der Waals surface area contributed by atoms with Gasteiger partial charge in [-0.2, -0.15) is 0 Å². The number of nitrogens with one attached hydrogen (secondary N) is 1. The van der Waals surface area contributed by atoms with Crippen LogP contribution < -0.4 is 10.3 Å². The predicted octanol–water partition coefficient (Wildman–Crippen LogP) is 5.02. The number of H-pyrrole nitrogens is 1. The fourth-order valence-corrected chi connectivity index (χ4v) is 3.42. The molecule has 0 spiro atoms. The van der Waals surface area contributed by atoms with Gasteiger partial charge in [0.1, 0.15) is 5.75 Å². The fraction of sp³-hybridized carbons (Fsp3) is 0.500. The molecular weight excluding hydrogens is 298 g/mol. The van der Waals surface area contributed by atoms with Crippen LogP contribution in [-0.4, -0.2) is 11.1 Å². The van der Waals surface area contributed by atoms with Gasteiger partial charge < -0.3 is 9.72 Å². The number of aromatic amines is 1. The molecule has 0 saturated heterocycles. The van der Waals surface area contributed by atoms with E-state index in [-0.39, 0.29) is 17.6 Å². The first-order chi connectivity index (χ1) is 10.6. The summed E-state index contributed by atoms with van der Waals surface area (Å²) in [5, 5.41) is 1.56. The fourth-order valence-electron chi connectivity index (χ4n) is 3.25. The van der Waals surface area contributed by atoms with Gasteiger partial charge in [0, 0.05) is 10.4 Å². The molecule has 3 nitrogen and oxygen atoms in total. The minimum absolute atomic E-state index is 0.0596. The number of rotatable bonds is 3. The Morgan fingerprint density at radius 2 is 1.95 bits per heavy atom. The first-order valence-corrected chi connectivity index (χ1v) is 8.46. The van der Waals surface area contributed by atoms with Crippen LogP contribution in [0.15, 0.2) is 23.0 Å². The number of ether oxygens (including phenoxy) is 1. The van der Waals surface area contributed by atoms with Crippen LogP contribution in [-0.2, 0) is 0 Å². The van der Waals surface area contributed by atoms with Gasteiger partial charge in [0.15, 0.2) is 0 Å². The normalized spacial score (nSPS) is 16.4. The Morgan fingerprint density at radius 3 is 2.64 bits per heavy atom. The summed E-state index contributed by atoms with van der Waals surface area (Å²) in [6.45, 7) is 4.05. The van der Waals surface area contributed by atoms with Crippen molar-refractivity contribution in [3.05, 3.63) is 39.1 Å². The molecule has 1 aromatic heterocycles. The minimum Gasteiger partial charge on any atom is -0.489 e. The molecule has 2 aromatic rings. The zero-order valence-electron chi connectivity index (χ0n) is 13.1. The van der Waals surface area contributed by atoms with E-state index in [1.807, 2.05) is 26.0 Å². The second kappa shape index (κ2) is 6.33. The van der Waals surface area contributed by atoms with Gasteiger partial charge >= 0.3 is 0 Å². The van der Waals surface area contributed by atoms with Gasteiger partial charge in [0.25, 0.3) is 5.56 Å². The van der Waals surface area contributed by atoms with Crippen LogP contribution >= 0.6 is 11.6 Å². The molecular formula is C18H22ClNO2. The summed E-state index contributed by atoms with van der Waals surface area (Å²) in [6, 6.07) is 5.52. The summed E-state index contributed by atoms with van der Waals surface area (Å²) in [6.07, 6.45) is 6.00. The van der Waals surface area contributed by atoms with Crippen molar-refractivity contribution in [2.75, 3.05) is 0 Å². The van der Waals surface area contributed by atoms with E-state index in [0.717, 1.165) is 35.1 Å². The lowest BCUT2D eigenvalue weighted by atomic mass is 9.96. The molecule has 1 aliphatic carbocycles. The van der Waals surface area contributed by atoms with Gasteiger partial charge in [0.05, 0.1) is 17.2 Å². The van der Waals surface area contributed by atoms with E-state index in [4.69, 9.17) is 16.3 Å². The van der Waals surface area contributed by atoms with Crippen molar-refractivity contribution in [2.24, 2.45) is 0 Å². The smallest absolute Gasteiger partial charge is 0.255 e. The summed E-state index contributed by atoms with van der Waals surface area (Å²) < 4.78 is 6.32. The molecule has 118 valence electrons. The monoisotopic (exact) mass is 319 g/mol. The third kappa shape index (κ3) is 3.00. The molecule has 0 amide bonds. The molecule has 3 rings (SSSR count). The molecule has 1 aliphatic rings. The van der Waals surface area contributed by atoms with Crippen molar-refractivity contribution in [3.63, 3.8) is 0 Å². The van der Waals surface area contributed by atoms with Crippen molar-refractivity contribution in [1.82, 2.24) is 4.98 Å². The molecule has 1 aromatic carbocycles. The largest absolute Gasteiger partial charge is 0.489 e. The number of hydrogen-bond donors (Lipinski definition) is 1. The lowest BCUT2D eigenvalue weighted by Crippen LogP contribution is -2.23. The summed E-state index contributed by atoms with van der Waals surface area (Å²) in [4.78, 5) is 15.4.